The minimum Gasteiger partial charge on any atom is -0.444 e. The summed E-state index contributed by atoms with van der Waals surface area (Å²) in [6, 6.07) is -0.266. The number of carbonyl (C=O) groups excluding carboxylic acids is 1. The van der Waals surface area contributed by atoms with Crippen LogP contribution in [0.4, 0.5) is 4.79 Å². The van der Waals surface area contributed by atoms with Crippen molar-refractivity contribution in [2.75, 3.05) is 27.0 Å². The van der Waals surface area contributed by atoms with Crippen molar-refractivity contribution in [2.24, 2.45) is 5.73 Å². The number of nitrogens with two attached hydrogens (primary N) is 1. The Labute approximate surface area is 132 Å². The number of hydrogen-bond acceptors (Lipinski definition) is 6. The Balaban J connectivity index is 2.82. The number of aliphatic hydroxyl groups is 1. The first kappa shape index (κ1) is 19.2. The maximum absolute atomic E-state index is 12.4. The molecular formula is C15H30N2O5. The lowest BCUT2D eigenvalue weighted by Crippen LogP contribution is -2.54. The predicted octanol–water partition coefficient (Wildman–Crippen LogP) is 1.08. The second-order valence-corrected chi connectivity index (χ2v) is 6.62. The molecule has 0 aliphatic carbocycles. The molecule has 7 nitrogen and oxygen atoms in total. The Kier molecular flexibility index (Phi) is 7.55. The summed E-state index contributed by atoms with van der Waals surface area (Å²) in [5.41, 5.74) is 4.95. The Morgan fingerprint density at radius 2 is 2.14 bits per heavy atom. The van der Waals surface area contributed by atoms with E-state index in [2.05, 4.69) is 0 Å². The number of aliphatic hydroxyl groups excluding tert-OH is 1. The van der Waals surface area contributed by atoms with Crippen LogP contribution in [0.2, 0.25) is 0 Å². The van der Waals surface area contributed by atoms with Gasteiger partial charge in [0.15, 0.2) is 0 Å². The Bertz CT molecular complexity index is 345. The first-order chi connectivity index (χ1) is 10.3. The van der Waals surface area contributed by atoms with Crippen molar-refractivity contribution in [1.29, 1.82) is 0 Å². The van der Waals surface area contributed by atoms with E-state index < -0.39 is 11.7 Å². The lowest BCUT2D eigenvalue weighted by atomic mass is 9.94. The van der Waals surface area contributed by atoms with Gasteiger partial charge in [-0.2, -0.15) is 0 Å². The molecule has 1 aliphatic rings. The summed E-state index contributed by atoms with van der Waals surface area (Å²) in [7, 11) is 1.55. The fourth-order valence-electron chi connectivity index (χ4n) is 2.57. The predicted molar refractivity (Wildman–Crippen MR) is 82.4 cm³/mol. The highest BCUT2D eigenvalue weighted by Gasteiger charge is 2.38. The van der Waals surface area contributed by atoms with E-state index in [0.29, 0.717) is 13.0 Å². The van der Waals surface area contributed by atoms with E-state index in [0.717, 1.165) is 12.8 Å². The molecule has 1 aliphatic heterocycles. The van der Waals surface area contributed by atoms with Crippen LogP contribution in [0.15, 0.2) is 0 Å². The average Bonchev–Trinajstić information content (AvgIpc) is 2.43. The number of methoxy groups -OCH3 is 1. The number of hydrogen-bond donors (Lipinski definition) is 2. The third-order valence-electron chi connectivity index (χ3n) is 3.53. The molecule has 0 aromatic heterocycles. The molecule has 1 fully saturated rings. The number of nitrogens with zero attached hydrogens (tertiary/aromatic N) is 1. The molecule has 0 bridgehead atoms. The van der Waals surface area contributed by atoms with E-state index in [1.807, 2.05) is 20.8 Å². The fraction of sp³-hybridized carbons (Fsp3) is 0.933. The quantitative estimate of drug-likeness (QED) is 0.712. The van der Waals surface area contributed by atoms with E-state index in [1.165, 1.54) is 0 Å². The second kappa shape index (κ2) is 8.67. The lowest BCUT2D eigenvalue weighted by Gasteiger charge is -2.42. The summed E-state index contributed by atoms with van der Waals surface area (Å²) < 4.78 is 16.1. The standard InChI is InChI=1S/C15H30N2O5/c1-15(2,3)22-14(19)17-7-5-6-13(21-10-20-4)12(17)8-11(18)9-16/h11-13,18H,5-10,16H2,1-4H3/t11?,12-,13-/m0/s1. The molecule has 130 valence electrons. The van der Waals surface area contributed by atoms with Gasteiger partial charge in [-0.15, -0.1) is 0 Å². The molecule has 0 aromatic carbocycles. The molecule has 1 amide bonds. The molecule has 1 unspecified atom stereocenters. The van der Waals surface area contributed by atoms with Crippen LogP contribution in [-0.2, 0) is 14.2 Å². The second-order valence-electron chi connectivity index (χ2n) is 6.62. The molecular weight excluding hydrogens is 288 g/mol. The molecule has 1 heterocycles. The zero-order valence-electron chi connectivity index (χ0n) is 14.1. The van der Waals surface area contributed by atoms with E-state index in [1.54, 1.807) is 12.0 Å². The molecule has 0 aromatic rings. The smallest absolute Gasteiger partial charge is 0.410 e. The van der Waals surface area contributed by atoms with Crippen LogP contribution >= 0.6 is 0 Å². The van der Waals surface area contributed by atoms with Gasteiger partial charge in [0.25, 0.3) is 0 Å². The fourth-order valence-corrected chi connectivity index (χ4v) is 2.57. The average molecular weight is 318 g/mol. The van der Waals surface area contributed by atoms with Gasteiger partial charge in [-0.1, -0.05) is 0 Å². The van der Waals surface area contributed by atoms with Gasteiger partial charge in [0.05, 0.1) is 18.2 Å². The number of rotatable bonds is 6. The third kappa shape index (κ3) is 6.08. The van der Waals surface area contributed by atoms with Crippen molar-refractivity contribution in [3.8, 4) is 0 Å². The maximum Gasteiger partial charge on any atom is 0.410 e. The van der Waals surface area contributed by atoms with Gasteiger partial charge in [-0.05, 0) is 40.0 Å². The van der Waals surface area contributed by atoms with Gasteiger partial charge in [0.2, 0.25) is 0 Å². The Morgan fingerprint density at radius 3 is 2.68 bits per heavy atom. The van der Waals surface area contributed by atoms with E-state index in [4.69, 9.17) is 19.9 Å². The van der Waals surface area contributed by atoms with Crippen LogP contribution < -0.4 is 5.73 Å². The summed E-state index contributed by atoms with van der Waals surface area (Å²) in [4.78, 5) is 14.1. The molecule has 7 heteroatoms. The number of piperidine rings is 1. The summed E-state index contributed by atoms with van der Waals surface area (Å²) >= 11 is 0. The van der Waals surface area contributed by atoms with Gasteiger partial charge < -0.3 is 30.0 Å². The number of amides is 1. The van der Waals surface area contributed by atoms with Gasteiger partial charge in [0.1, 0.15) is 12.4 Å². The highest BCUT2D eigenvalue weighted by molar-refractivity contribution is 5.68. The number of carbonyl (C=O) groups is 1. The molecule has 0 radical (unpaired) electrons. The normalized spacial score (nSPS) is 24.2. The van der Waals surface area contributed by atoms with Gasteiger partial charge in [-0.25, -0.2) is 4.79 Å². The SMILES string of the molecule is COCO[C@H]1CCCN(C(=O)OC(C)(C)C)[C@H]1CC(O)CN. The first-order valence-electron chi connectivity index (χ1n) is 7.76. The van der Waals surface area contributed by atoms with Gasteiger partial charge in [-0.3, -0.25) is 0 Å². The summed E-state index contributed by atoms with van der Waals surface area (Å²) in [5.74, 6) is 0. The minimum atomic E-state index is -0.679. The number of likely N-dealkylation sites (tertiary alicyclic amines) is 1. The van der Waals surface area contributed by atoms with Crippen molar-refractivity contribution in [2.45, 2.75) is 63.9 Å². The molecule has 22 heavy (non-hydrogen) atoms. The van der Waals surface area contributed by atoms with Crippen LogP contribution in [0, 0.1) is 0 Å². The lowest BCUT2D eigenvalue weighted by molar-refractivity contribution is -0.119. The molecule has 3 atom stereocenters. The highest BCUT2D eigenvalue weighted by Crippen LogP contribution is 2.26. The summed E-state index contributed by atoms with van der Waals surface area (Å²) in [6.07, 6.45) is 0.744. The van der Waals surface area contributed by atoms with Crippen LogP contribution in [0.3, 0.4) is 0 Å². The molecule has 0 spiro atoms. The van der Waals surface area contributed by atoms with Crippen LogP contribution in [0.25, 0.3) is 0 Å². The molecule has 3 N–H and O–H groups in total. The largest absolute Gasteiger partial charge is 0.444 e. The van der Waals surface area contributed by atoms with Gasteiger partial charge >= 0.3 is 6.09 Å². The van der Waals surface area contributed by atoms with Crippen LogP contribution in [0.1, 0.15) is 40.0 Å². The summed E-state index contributed by atoms with van der Waals surface area (Å²) in [5, 5.41) is 9.89. The number of ether oxygens (including phenoxy) is 3. The topological polar surface area (TPSA) is 94.2 Å². The zero-order chi connectivity index (χ0) is 16.8. The molecule has 1 rings (SSSR count). The van der Waals surface area contributed by atoms with Crippen molar-refractivity contribution in [3.63, 3.8) is 0 Å². The van der Waals surface area contributed by atoms with Crippen LogP contribution in [-0.4, -0.2) is 66.9 Å². The van der Waals surface area contributed by atoms with Crippen molar-refractivity contribution in [1.82, 2.24) is 4.90 Å². The van der Waals surface area contributed by atoms with Gasteiger partial charge in [0, 0.05) is 20.2 Å². The van der Waals surface area contributed by atoms with E-state index in [9.17, 15) is 9.90 Å². The first-order valence-corrected chi connectivity index (χ1v) is 7.76. The Morgan fingerprint density at radius 1 is 1.45 bits per heavy atom. The van der Waals surface area contributed by atoms with Crippen LogP contribution in [0.5, 0.6) is 0 Å². The monoisotopic (exact) mass is 318 g/mol. The Hall–Kier alpha value is -0.890. The van der Waals surface area contributed by atoms with E-state index >= 15 is 0 Å². The summed E-state index contributed by atoms with van der Waals surface area (Å²) in [6.45, 7) is 6.38. The van der Waals surface area contributed by atoms with Crippen molar-refractivity contribution >= 4 is 6.09 Å². The molecule has 0 saturated carbocycles. The minimum absolute atomic E-state index is 0.148. The van der Waals surface area contributed by atoms with E-state index in [-0.39, 0.29) is 31.6 Å². The highest BCUT2D eigenvalue weighted by atomic mass is 16.7. The zero-order valence-corrected chi connectivity index (χ0v) is 14.1. The molecule has 1 saturated heterocycles. The third-order valence-corrected chi connectivity index (χ3v) is 3.53. The van der Waals surface area contributed by atoms with Crippen molar-refractivity contribution < 1.29 is 24.1 Å². The van der Waals surface area contributed by atoms with Crippen molar-refractivity contribution in [3.05, 3.63) is 0 Å². The maximum atomic E-state index is 12.4.